The standard InChI is InChI=1S/C15H23N3/c1-4-12-7-8-13-14(10-12)18-15(17-13)6-5-9-16-11(2)3/h7-8,10-11,16H,4-6,9H2,1-3H3,(H,17,18). The quantitative estimate of drug-likeness (QED) is 0.768. The fourth-order valence-electron chi connectivity index (χ4n) is 2.09. The van der Waals surface area contributed by atoms with Gasteiger partial charge in [0.25, 0.3) is 0 Å². The summed E-state index contributed by atoms with van der Waals surface area (Å²) >= 11 is 0. The molecule has 2 rings (SSSR count). The first-order chi connectivity index (χ1) is 8.69. The fourth-order valence-corrected chi connectivity index (χ4v) is 2.09. The number of aryl methyl sites for hydroxylation is 2. The molecule has 0 bridgehead atoms. The van der Waals surface area contributed by atoms with Crippen molar-refractivity contribution in [2.75, 3.05) is 6.54 Å². The SMILES string of the molecule is CCc1ccc2nc(CCCNC(C)C)[nH]c2c1. The molecule has 3 heteroatoms. The van der Waals surface area contributed by atoms with Crippen LogP contribution in [0.15, 0.2) is 18.2 Å². The maximum absolute atomic E-state index is 4.62. The van der Waals surface area contributed by atoms with E-state index in [4.69, 9.17) is 0 Å². The summed E-state index contributed by atoms with van der Waals surface area (Å²) in [6.07, 6.45) is 3.21. The van der Waals surface area contributed by atoms with E-state index in [0.29, 0.717) is 6.04 Å². The zero-order chi connectivity index (χ0) is 13.0. The number of hydrogen-bond donors (Lipinski definition) is 2. The van der Waals surface area contributed by atoms with Gasteiger partial charge < -0.3 is 10.3 Å². The van der Waals surface area contributed by atoms with Crippen molar-refractivity contribution in [3.63, 3.8) is 0 Å². The van der Waals surface area contributed by atoms with Gasteiger partial charge in [-0.3, -0.25) is 0 Å². The topological polar surface area (TPSA) is 40.7 Å². The molecule has 18 heavy (non-hydrogen) atoms. The second kappa shape index (κ2) is 6.01. The Labute approximate surface area is 109 Å². The van der Waals surface area contributed by atoms with E-state index in [1.807, 2.05) is 0 Å². The number of aromatic nitrogens is 2. The van der Waals surface area contributed by atoms with Crippen LogP contribution in [-0.2, 0) is 12.8 Å². The third-order valence-corrected chi connectivity index (χ3v) is 3.15. The molecule has 1 aromatic carbocycles. The number of fused-ring (bicyclic) bond motifs is 1. The van der Waals surface area contributed by atoms with Crippen LogP contribution in [0.4, 0.5) is 0 Å². The van der Waals surface area contributed by atoms with Gasteiger partial charge >= 0.3 is 0 Å². The van der Waals surface area contributed by atoms with Gasteiger partial charge in [-0.25, -0.2) is 4.98 Å². The fraction of sp³-hybridized carbons (Fsp3) is 0.533. The van der Waals surface area contributed by atoms with E-state index in [0.717, 1.165) is 37.1 Å². The summed E-state index contributed by atoms with van der Waals surface area (Å²) in [5, 5.41) is 3.43. The highest BCUT2D eigenvalue weighted by molar-refractivity contribution is 5.75. The summed E-state index contributed by atoms with van der Waals surface area (Å²) < 4.78 is 0. The van der Waals surface area contributed by atoms with Crippen molar-refractivity contribution in [1.29, 1.82) is 0 Å². The van der Waals surface area contributed by atoms with Crippen molar-refractivity contribution in [3.05, 3.63) is 29.6 Å². The van der Waals surface area contributed by atoms with Gasteiger partial charge in [0.05, 0.1) is 11.0 Å². The number of H-pyrrole nitrogens is 1. The maximum Gasteiger partial charge on any atom is 0.107 e. The predicted molar refractivity (Wildman–Crippen MR) is 76.9 cm³/mol. The highest BCUT2D eigenvalue weighted by Crippen LogP contribution is 2.14. The Bertz CT molecular complexity index is 499. The summed E-state index contributed by atoms with van der Waals surface area (Å²) in [6.45, 7) is 7.58. The van der Waals surface area contributed by atoms with E-state index in [1.54, 1.807) is 0 Å². The van der Waals surface area contributed by atoms with Crippen molar-refractivity contribution in [3.8, 4) is 0 Å². The molecule has 0 spiro atoms. The second-order valence-electron chi connectivity index (χ2n) is 5.10. The first kappa shape index (κ1) is 13.1. The summed E-state index contributed by atoms with van der Waals surface area (Å²) in [7, 11) is 0. The number of hydrogen-bond acceptors (Lipinski definition) is 2. The smallest absolute Gasteiger partial charge is 0.107 e. The molecular weight excluding hydrogens is 222 g/mol. The molecule has 2 N–H and O–H groups in total. The van der Waals surface area contributed by atoms with E-state index in [-0.39, 0.29) is 0 Å². The number of rotatable bonds is 6. The highest BCUT2D eigenvalue weighted by atomic mass is 14.9. The molecule has 0 saturated carbocycles. The Hall–Kier alpha value is -1.35. The number of nitrogens with one attached hydrogen (secondary N) is 2. The van der Waals surface area contributed by atoms with Gasteiger partial charge in [-0.1, -0.05) is 26.8 Å². The van der Waals surface area contributed by atoms with Crippen LogP contribution in [0, 0.1) is 0 Å². The van der Waals surface area contributed by atoms with E-state index < -0.39 is 0 Å². The molecule has 2 aromatic rings. The van der Waals surface area contributed by atoms with E-state index in [1.165, 1.54) is 11.1 Å². The Balaban J connectivity index is 1.97. The molecule has 0 aliphatic carbocycles. The number of imidazole rings is 1. The van der Waals surface area contributed by atoms with E-state index >= 15 is 0 Å². The minimum atomic E-state index is 0.563. The van der Waals surface area contributed by atoms with Gasteiger partial charge in [-0.05, 0) is 37.1 Å². The van der Waals surface area contributed by atoms with E-state index in [2.05, 4.69) is 54.3 Å². The first-order valence-corrected chi connectivity index (χ1v) is 6.90. The van der Waals surface area contributed by atoms with Crippen molar-refractivity contribution >= 4 is 11.0 Å². The number of benzene rings is 1. The first-order valence-electron chi connectivity index (χ1n) is 6.90. The molecule has 0 unspecified atom stereocenters. The van der Waals surface area contributed by atoms with Crippen LogP contribution in [0.2, 0.25) is 0 Å². The van der Waals surface area contributed by atoms with Crippen LogP contribution in [0.3, 0.4) is 0 Å². The molecule has 0 atom stereocenters. The van der Waals surface area contributed by atoms with Gasteiger partial charge in [-0.2, -0.15) is 0 Å². The molecule has 0 aliphatic heterocycles. The van der Waals surface area contributed by atoms with Crippen LogP contribution in [0.25, 0.3) is 11.0 Å². The molecular formula is C15H23N3. The van der Waals surface area contributed by atoms with Crippen LogP contribution in [0.1, 0.15) is 38.6 Å². The molecule has 98 valence electrons. The van der Waals surface area contributed by atoms with Crippen LogP contribution in [0.5, 0.6) is 0 Å². The van der Waals surface area contributed by atoms with Crippen molar-refractivity contribution in [1.82, 2.24) is 15.3 Å². The lowest BCUT2D eigenvalue weighted by Gasteiger charge is -2.06. The molecule has 0 amide bonds. The minimum absolute atomic E-state index is 0.563. The summed E-state index contributed by atoms with van der Waals surface area (Å²) in [6, 6.07) is 7.04. The monoisotopic (exact) mass is 245 g/mol. The lowest BCUT2D eigenvalue weighted by molar-refractivity contribution is 0.567. The van der Waals surface area contributed by atoms with E-state index in [9.17, 15) is 0 Å². The van der Waals surface area contributed by atoms with Gasteiger partial charge in [0.15, 0.2) is 0 Å². The van der Waals surface area contributed by atoms with Crippen molar-refractivity contribution in [2.45, 2.75) is 46.1 Å². The lowest BCUT2D eigenvalue weighted by Crippen LogP contribution is -2.24. The third-order valence-electron chi connectivity index (χ3n) is 3.15. The Morgan fingerprint density at radius 2 is 2.17 bits per heavy atom. The lowest BCUT2D eigenvalue weighted by atomic mass is 10.1. The predicted octanol–water partition coefficient (Wildman–Crippen LogP) is 3.06. The van der Waals surface area contributed by atoms with Gasteiger partial charge in [0.1, 0.15) is 5.82 Å². The molecule has 0 aliphatic rings. The molecule has 0 saturated heterocycles. The summed E-state index contributed by atoms with van der Waals surface area (Å²) in [5.74, 6) is 1.10. The summed E-state index contributed by atoms with van der Waals surface area (Å²) in [4.78, 5) is 8.04. The normalized spacial score (nSPS) is 11.6. The Morgan fingerprint density at radius 1 is 1.33 bits per heavy atom. The van der Waals surface area contributed by atoms with Gasteiger partial charge in [0, 0.05) is 12.5 Å². The number of aromatic amines is 1. The highest BCUT2D eigenvalue weighted by Gasteiger charge is 2.03. The molecule has 0 fully saturated rings. The largest absolute Gasteiger partial charge is 0.342 e. The summed E-state index contributed by atoms with van der Waals surface area (Å²) in [5.41, 5.74) is 3.61. The van der Waals surface area contributed by atoms with Crippen LogP contribution in [-0.4, -0.2) is 22.6 Å². The zero-order valence-corrected chi connectivity index (χ0v) is 11.6. The molecule has 1 aromatic heterocycles. The molecule has 0 radical (unpaired) electrons. The average Bonchev–Trinajstić information content (AvgIpc) is 2.75. The maximum atomic E-state index is 4.62. The molecule has 3 nitrogen and oxygen atoms in total. The second-order valence-corrected chi connectivity index (χ2v) is 5.10. The average molecular weight is 245 g/mol. The Morgan fingerprint density at radius 3 is 2.89 bits per heavy atom. The van der Waals surface area contributed by atoms with Gasteiger partial charge in [-0.15, -0.1) is 0 Å². The van der Waals surface area contributed by atoms with Crippen LogP contribution >= 0.6 is 0 Å². The van der Waals surface area contributed by atoms with Crippen molar-refractivity contribution < 1.29 is 0 Å². The zero-order valence-electron chi connectivity index (χ0n) is 11.6. The van der Waals surface area contributed by atoms with Crippen LogP contribution < -0.4 is 5.32 Å². The Kier molecular flexibility index (Phi) is 4.37. The minimum Gasteiger partial charge on any atom is -0.342 e. The van der Waals surface area contributed by atoms with Gasteiger partial charge in [0.2, 0.25) is 0 Å². The molecule has 1 heterocycles. The van der Waals surface area contributed by atoms with Crippen molar-refractivity contribution in [2.24, 2.45) is 0 Å². The third kappa shape index (κ3) is 3.33. The number of nitrogens with zero attached hydrogens (tertiary/aromatic N) is 1.